The first-order valence-corrected chi connectivity index (χ1v) is 4.50. The van der Waals surface area contributed by atoms with Gasteiger partial charge in [-0.2, -0.15) is 11.5 Å². The molecule has 2 unspecified atom stereocenters. The third-order valence-corrected chi connectivity index (χ3v) is 2.00. The molecule has 7 nitrogen and oxygen atoms in total. The minimum absolute atomic E-state index is 0. The van der Waals surface area contributed by atoms with Crippen LogP contribution in [-0.4, -0.2) is 44.8 Å². The topological polar surface area (TPSA) is 116 Å². The van der Waals surface area contributed by atoms with Crippen molar-refractivity contribution in [2.75, 3.05) is 0 Å². The van der Waals surface area contributed by atoms with Gasteiger partial charge in [-0.25, -0.2) is 8.42 Å². The molecule has 0 saturated carbocycles. The van der Waals surface area contributed by atoms with E-state index in [0.29, 0.717) is 0 Å². The molecule has 0 aliphatic rings. The molecule has 0 fully saturated rings. The Bertz CT molecular complexity index is 157. The summed E-state index contributed by atoms with van der Waals surface area (Å²) in [4.78, 5) is 0. The van der Waals surface area contributed by atoms with Gasteiger partial charge in [-0.15, -0.1) is 0 Å². The molecule has 0 saturated heterocycles. The van der Waals surface area contributed by atoms with Crippen molar-refractivity contribution < 1.29 is 29.0 Å². The van der Waals surface area contributed by atoms with Crippen molar-refractivity contribution in [2.24, 2.45) is 0 Å². The van der Waals surface area contributed by atoms with E-state index in [9.17, 15) is 21.7 Å². The molecular formula is MgO7S3. The van der Waals surface area contributed by atoms with Crippen LogP contribution in [0.3, 0.4) is 0 Å². The summed E-state index contributed by atoms with van der Waals surface area (Å²) in [6.45, 7) is 0. The van der Waals surface area contributed by atoms with Gasteiger partial charge in [0.25, 0.3) is 0 Å². The molecule has 0 amide bonds. The molecule has 0 N–H and O–H groups in total. The molecule has 2 atom stereocenters. The predicted octanol–water partition coefficient (Wildman–Crippen LogP) is -2.19. The quantitative estimate of drug-likeness (QED) is 0.399. The van der Waals surface area contributed by atoms with Gasteiger partial charge < -0.3 is 9.11 Å². The molecule has 0 aromatic rings. The van der Waals surface area contributed by atoms with Crippen molar-refractivity contribution in [3.8, 4) is 0 Å². The summed E-state index contributed by atoms with van der Waals surface area (Å²) in [7, 11) is 0. The van der Waals surface area contributed by atoms with Gasteiger partial charge in [0.2, 0.25) is 0 Å². The number of hydrogen-bond donors (Lipinski definition) is 0. The first-order chi connectivity index (χ1) is 4.52. The molecule has 0 bridgehead atoms. The normalized spacial score (nSPS) is 18.0. The van der Waals surface area contributed by atoms with Crippen LogP contribution in [-0.2, 0) is 41.3 Å². The monoisotopic (exact) mass is 232 g/mol. The average Bonchev–Trinajstić information content (AvgIpc) is 1.58. The molecule has 0 aliphatic carbocycles. The minimum atomic E-state index is -3.06. The Morgan fingerprint density at radius 3 is 1.36 bits per heavy atom. The van der Waals surface area contributed by atoms with E-state index in [1.807, 2.05) is 0 Å². The van der Waals surface area contributed by atoms with Gasteiger partial charge in [0.15, 0.2) is 0 Å². The predicted molar refractivity (Wildman–Crippen MR) is 33.9 cm³/mol. The Balaban J connectivity index is 0. The Kier molecular flexibility index (Phi) is 10.2. The third-order valence-electron chi connectivity index (χ3n) is 0.222. The van der Waals surface area contributed by atoms with Crippen LogP contribution in [0.2, 0.25) is 0 Å². The molecule has 0 spiro atoms. The molecule has 11 heteroatoms. The Labute approximate surface area is 85.8 Å². The van der Waals surface area contributed by atoms with Gasteiger partial charge in [0, 0.05) is 0 Å². The van der Waals surface area contributed by atoms with Gasteiger partial charge in [-0.1, -0.05) is 0 Å². The van der Waals surface area contributed by atoms with E-state index in [0.717, 1.165) is 0 Å². The first-order valence-electron chi connectivity index (χ1n) is 1.50. The molecule has 0 aliphatic heterocycles. The number of hydrogen-bond acceptors (Lipinski definition) is 7. The van der Waals surface area contributed by atoms with Crippen LogP contribution in [0.4, 0.5) is 0 Å². The van der Waals surface area contributed by atoms with Crippen molar-refractivity contribution in [1.82, 2.24) is 0 Å². The van der Waals surface area contributed by atoms with Gasteiger partial charge in [0.05, 0.1) is 0 Å². The number of rotatable bonds is 4. The Hall–Kier alpha value is 1.06. The molecular weight excluding hydrogens is 232 g/mol. The van der Waals surface area contributed by atoms with E-state index in [1.165, 1.54) is 0 Å². The van der Waals surface area contributed by atoms with E-state index in [4.69, 9.17) is 0 Å². The summed E-state index contributed by atoms with van der Waals surface area (Å²) in [5.41, 5.74) is 0. The van der Waals surface area contributed by atoms with Crippen molar-refractivity contribution in [1.29, 1.82) is 0 Å². The minimum Gasteiger partial charge on any atom is -0.749 e. The van der Waals surface area contributed by atoms with Gasteiger partial charge in [-0.05, 0) is 0 Å². The van der Waals surface area contributed by atoms with Crippen LogP contribution in [0.15, 0.2) is 0 Å². The van der Waals surface area contributed by atoms with Crippen LogP contribution in [0.5, 0.6) is 0 Å². The molecule has 0 aromatic heterocycles. The second-order valence-corrected chi connectivity index (χ2v) is 3.06. The fourth-order valence-electron chi connectivity index (χ4n) is 0.102. The summed E-state index contributed by atoms with van der Waals surface area (Å²) in [5.74, 6) is 0. The van der Waals surface area contributed by atoms with E-state index in [-0.39, 0.29) is 23.1 Å². The summed E-state index contributed by atoms with van der Waals surface area (Å²) >= 11 is -8.93. The molecule has 62 valence electrons. The van der Waals surface area contributed by atoms with Crippen molar-refractivity contribution in [3.05, 3.63) is 0 Å². The van der Waals surface area contributed by atoms with Crippen molar-refractivity contribution in [2.45, 2.75) is 0 Å². The molecule has 0 rings (SSSR count). The third kappa shape index (κ3) is 11.1. The van der Waals surface area contributed by atoms with Gasteiger partial charge in [0.1, 0.15) is 22.7 Å². The van der Waals surface area contributed by atoms with E-state index in [2.05, 4.69) is 7.26 Å². The van der Waals surface area contributed by atoms with Gasteiger partial charge >= 0.3 is 34.4 Å². The Morgan fingerprint density at radius 1 is 0.909 bits per heavy atom. The average molecular weight is 232 g/mol. The summed E-state index contributed by atoms with van der Waals surface area (Å²) in [5, 5.41) is 0. The van der Waals surface area contributed by atoms with Gasteiger partial charge in [-0.3, -0.25) is 0 Å². The smallest absolute Gasteiger partial charge is 0.749 e. The zero-order valence-corrected chi connectivity index (χ0v) is 8.65. The molecule has 11 heavy (non-hydrogen) atoms. The van der Waals surface area contributed by atoms with E-state index < -0.39 is 34.1 Å². The second kappa shape index (κ2) is 7.69. The molecule has 0 radical (unpaired) electrons. The zero-order valence-electron chi connectivity index (χ0n) is 4.79. The first kappa shape index (κ1) is 14.6. The van der Waals surface area contributed by atoms with Crippen LogP contribution in [0.1, 0.15) is 0 Å². The SMILES string of the molecule is O=S([O-])OS(=O)OS(=O)[O-].[Mg+2]. The fourth-order valence-corrected chi connectivity index (χ4v) is 1.12. The maximum Gasteiger partial charge on any atom is 2.00 e. The van der Waals surface area contributed by atoms with Crippen LogP contribution < -0.4 is 0 Å². The summed E-state index contributed by atoms with van der Waals surface area (Å²) in [6, 6.07) is 0. The van der Waals surface area contributed by atoms with Crippen LogP contribution >= 0.6 is 0 Å². The largest absolute Gasteiger partial charge is 2.00 e. The second-order valence-electron chi connectivity index (χ2n) is 0.748. The summed E-state index contributed by atoms with van der Waals surface area (Å²) in [6.07, 6.45) is 0. The van der Waals surface area contributed by atoms with Crippen LogP contribution in [0, 0.1) is 0 Å². The Morgan fingerprint density at radius 2 is 1.18 bits per heavy atom. The van der Waals surface area contributed by atoms with E-state index in [1.54, 1.807) is 0 Å². The van der Waals surface area contributed by atoms with Crippen LogP contribution in [0.25, 0.3) is 0 Å². The zero-order chi connectivity index (χ0) is 8.15. The maximum atomic E-state index is 9.94. The maximum absolute atomic E-state index is 9.94. The van der Waals surface area contributed by atoms with E-state index >= 15 is 0 Å². The van der Waals surface area contributed by atoms with Crippen molar-refractivity contribution in [3.63, 3.8) is 0 Å². The standard InChI is InChI=1S/Mg.H2O7S3/c;1-8(2)6-10(5)7-9(3)4/h;(H,1,2)(H,3,4)/q+2;/p-2. The fraction of sp³-hybridized carbons (Fsp3) is 0. The molecule has 0 aromatic carbocycles. The summed E-state index contributed by atoms with van der Waals surface area (Å²) < 4.78 is 54.6. The van der Waals surface area contributed by atoms with Crippen molar-refractivity contribution >= 4 is 57.1 Å². The molecule has 0 heterocycles.